The number of piperidine rings is 1. The lowest BCUT2D eigenvalue weighted by molar-refractivity contribution is -0.271. The molecule has 64 heavy (non-hydrogen) atoms. The van der Waals surface area contributed by atoms with Crippen molar-refractivity contribution in [2.45, 2.75) is 156 Å². The third-order valence-electron chi connectivity index (χ3n) is 12.9. The summed E-state index contributed by atoms with van der Waals surface area (Å²) in [5.41, 5.74) is 1.10. The van der Waals surface area contributed by atoms with Crippen molar-refractivity contribution in [2.75, 3.05) is 20.2 Å². The Morgan fingerprint density at radius 2 is 1.50 bits per heavy atom. The van der Waals surface area contributed by atoms with Crippen molar-refractivity contribution in [3.05, 3.63) is 83.7 Å². The molecule has 2 saturated heterocycles. The zero-order chi connectivity index (χ0) is 47.2. The van der Waals surface area contributed by atoms with Gasteiger partial charge in [0.2, 0.25) is 11.8 Å². The lowest BCUT2D eigenvalue weighted by atomic mass is 9.73. The number of nitrogens with zero attached hydrogens (tertiary/aromatic N) is 2. The molecule has 0 radical (unpaired) electrons. The first-order valence-electron chi connectivity index (χ1n) is 23.6. The van der Waals surface area contributed by atoms with E-state index < -0.39 is 35.9 Å². The van der Waals surface area contributed by atoms with Crippen LogP contribution in [-0.2, 0) is 41.8 Å². The van der Waals surface area contributed by atoms with Gasteiger partial charge in [0.05, 0.1) is 30.9 Å². The van der Waals surface area contributed by atoms with Crippen LogP contribution in [0.15, 0.2) is 72.6 Å². The van der Waals surface area contributed by atoms with Crippen LogP contribution in [0.3, 0.4) is 0 Å². The molecule has 2 aliphatic heterocycles. The Hall–Kier alpha value is -4.42. The number of hydrogen-bond acceptors (Lipinski definition) is 8. The van der Waals surface area contributed by atoms with Gasteiger partial charge in [0.15, 0.2) is 11.6 Å². The zero-order valence-electron chi connectivity index (χ0n) is 40.3. The van der Waals surface area contributed by atoms with Gasteiger partial charge in [-0.3, -0.25) is 19.2 Å². The number of amides is 3. The summed E-state index contributed by atoms with van der Waals surface area (Å²) in [7, 11) is 1.67. The molecule has 3 amide bonds. The molecule has 0 saturated carbocycles. The summed E-state index contributed by atoms with van der Waals surface area (Å²) in [6.07, 6.45) is 5.17. The Labute approximate surface area is 382 Å². The molecule has 354 valence electrons. The predicted octanol–water partition coefficient (Wildman–Crippen LogP) is 9.58. The lowest BCUT2D eigenvalue weighted by Gasteiger charge is -2.53. The number of ether oxygens (including phenoxy) is 1. The fourth-order valence-electron chi connectivity index (χ4n) is 10.2. The standard InChI is InChI=1S/C52H77FN4O7/c1-35(2)27-37(5)43(53)30-41(28-38-19-13-11-14-20-38)49(61)56-26-18-24-45(56)47(59)31-42(36(3)4)48(60)55-44(23-17-25-54-50(62)64-34-39-21-15-12-16-22-39)46(58)29-40-32-51(6,7)57(63-10)52(8,9)33-40/h11-16,19-22,30,35-37,40-42,44-45H,17-18,23-29,31-34H2,1-10H3,(H,54,62)(H,55,60)/b43-30-/t37-,41-,42-,44-,45-/m0/s1. The average molecular weight is 889 g/mol. The third kappa shape index (κ3) is 15.4. The van der Waals surface area contributed by atoms with Crippen molar-refractivity contribution in [1.29, 1.82) is 0 Å². The number of rotatable bonds is 23. The fourth-order valence-corrected chi connectivity index (χ4v) is 10.2. The van der Waals surface area contributed by atoms with Crippen molar-refractivity contribution in [1.82, 2.24) is 20.6 Å². The summed E-state index contributed by atoms with van der Waals surface area (Å²) in [6.45, 7) is 18.8. The van der Waals surface area contributed by atoms with E-state index in [0.717, 1.165) is 24.0 Å². The number of ketones is 2. The van der Waals surface area contributed by atoms with Crippen LogP contribution < -0.4 is 10.6 Å². The van der Waals surface area contributed by atoms with Crippen LogP contribution >= 0.6 is 0 Å². The second-order valence-electron chi connectivity index (χ2n) is 20.3. The summed E-state index contributed by atoms with van der Waals surface area (Å²) in [4.78, 5) is 77.2. The minimum absolute atomic E-state index is 0.0372. The van der Waals surface area contributed by atoms with E-state index in [2.05, 4.69) is 38.3 Å². The van der Waals surface area contributed by atoms with Crippen LogP contribution in [0.2, 0.25) is 0 Å². The number of nitrogens with one attached hydrogen (secondary N) is 2. The molecule has 2 aromatic carbocycles. The molecule has 11 nitrogen and oxygen atoms in total. The van der Waals surface area contributed by atoms with Crippen LogP contribution in [0.5, 0.6) is 0 Å². The van der Waals surface area contributed by atoms with Gasteiger partial charge in [-0.15, -0.1) is 0 Å². The average Bonchev–Trinajstić information content (AvgIpc) is 3.72. The number of carbonyl (C=O) groups excluding carboxylic acids is 5. The van der Waals surface area contributed by atoms with Gasteiger partial charge in [-0.2, -0.15) is 5.06 Å². The van der Waals surface area contributed by atoms with E-state index in [0.29, 0.717) is 38.6 Å². The number of Topliss-reactive ketones (excluding diaryl/α,β-unsaturated/α-hetero) is 2. The summed E-state index contributed by atoms with van der Waals surface area (Å²) in [5.74, 6) is -3.15. The SMILES string of the molecule is CON1C(C)(C)CC(CC(=O)[C@H](CCCNC(=O)OCc2ccccc2)NC(=O)[C@@H](CC(=O)[C@@H]2CCCN2C(=O)[C@H](/C=C(\F)[C@@H](C)CC(C)C)Cc2ccccc2)C(C)C)CC1(C)C. The minimum atomic E-state index is -0.847. The van der Waals surface area contributed by atoms with E-state index in [4.69, 9.17) is 9.57 Å². The summed E-state index contributed by atoms with van der Waals surface area (Å²) >= 11 is 0. The number of carbonyl (C=O) groups is 5. The molecule has 12 heteroatoms. The molecule has 5 atom stereocenters. The Bertz CT molecular complexity index is 1850. The number of hydroxylamine groups is 2. The molecule has 2 aromatic rings. The maximum absolute atomic E-state index is 15.7. The number of benzene rings is 2. The molecule has 2 heterocycles. The third-order valence-corrected chi connectivity index (χ3v) is 12.9. The highest BCUT2D eigenvalue weighted by Gasteiger charge is 2.47. The monoisotopic (exact) mass is 889 g/mol. The zero-order valence-corrected chi connectivity index (χ0v) is 40.3. The highest BCUT2D eigenvalue weighted by atomic mass is 19.1. The van der Waals surface area contributed by atoms with Gasteiger partial charge in [0.1, 0.15) is 6.61 Å². The predicted molar refractivity (Wildman–Crippen MR) is 249 cm³/mol. The largest absolute Gasteiger partial charge is 0.445 e. The summed E-state index contributed by atoms with van der Waals surface area (Å²) in [5, 5.41) is 7.82. The van der Waals surface area contributed by atoms with Crippen molar-refractivity contribution >= 4 is 29.5 Å². The molecule has 4 rings (SSSR count). The second-order valence-corrected chi connectivity index (χ2v) is 20.3. The topological polar surface area (TPSA) is 134 Å². The van der Waals surface area contributed by atoms with Gasteiger partial charge < -0.3 is 25.1 Å². The molecular weight excluding hydrogens is 812 g/mol. The summed E-state index contributed by atoms with van der Waals surface area (Å²) < 4.78 is 21.1. The molecule has 0 aromatic heterocycles. The van der Waals surface area contributed by atoms with E-state index in [1.54, 1.807) is 12.0 Å². The normalized spacial score (nSPS) is 19.8. The first-order chi connectivity index (χ1) is 30.2. The molecule has 0 aliphatic carbocycles. The van der Waals surface area contributed by atoms with E-state index >= 15 is 4.39 Å². The van der Waals surface area contributed by atoms with Crippen LogP contribution in [-0.4, -0.2) is 82.8 Å². The van der Waals surface area contributed by atoms with Crippen LogP contribution in [0.4, 0.5) is 9.18 Å². The molecule has 2 N–H and O–H groups in total. The second kappa shape index (κ2) is 24.2. The maximum atomic E-state index is 15.7. The maximum Gasteiger partial charge on any atom is 0.407 e. The Kier molecular flexibility index (Phi) is 19.7. The van der Waals surface area contributed by atoms with E-state index in [1.807, 2.05) is 100 Å². The Balaban J connectivity index is 1.48. The van der Waals surface area contributed by atoms with Crippen LogP contribution in [0, 0.1) is 35.5 Å². The Morgan fingerprint density at radius 1 is 0.891 bits per heavy atom. The number of alkyl carbamates (subject to hydrolysis) is 1. The van der Waals surface area contributed by atoms with Crippen molar-refractivity contribution in [3.8, 4) is 0 Å². The van der Waals surface area contributed by atoms with Gasteiger partial charge in [-0.25, -0.2) is 9.18 Å². The van der Waals surface area contributed by atoms with Gasteiger partial charge in [0, 0.05) is 48.8 Å². The van der Waals surface area contributed by atoms with E-state index in [1.165, 1.54) is 6.08 Å². The number of likely N-dealkylation sites (tertiary alicyclic amines) is 1. The quantitative estimate of drug-likeness (QED) is 0.105. The number of hydrogen-bond donors (Lipinski definition) is 2. The molecule has 2 aliphatic rings. The molecular formula is C52H77FN4O7. The molecule has 2 fully saturated rings. The molecule has 0 bridgehead atoms. The Morgan fingerprint density at radius 3 is 2.08 bits per heavy atom. The van der Waals surface area contributed by atoms with E-state index in [9.17, 15) is 24.0 Å². The van der Waals surface area contributed by atoms with Gasteiger partial charge in [0.25, 0.3) is 0 Å². The first-order valence-corrected chi connectivity index (χ1v) is 23.6. The number of halogens is 1. The lowest BCUT2D eigenvalue weighted by Crippen LogP contribution is -2.60. The fraction of sp³-hybridized carbons (Fsp3) is 0.635. The highest BCUT2D eigenvalue weighted by molar-refractivity contribution is 5.95. The first kappa shape index (κ1) is 52.2. The van der Waals surface area contributed by atoms with Crippen LogP contribution in [0.25, 0.3) is 0 Å². The van der Waals surface area contributed by atoms with Crippen LogP contribution in [0.1, 0.15) is 131 Å². The highest BCUT2D eigenvalue weighted by Crippen LogP contribution is 2.43. The van der Waals surface area contributed by atoms with Crippen molar-refractivity contribution in [3.63, 3.8) is 0 Å². The van der Waals surface area contributed by atoms with Crippen molar-refractivity contribution < 1.29 is 37.9 Å². The smallest absolute Gasteiger partial charge is 0.407 e. The van der Waals surface area contributed by atoms with E-state index in [-0.39, 0.29) is 90.5 Å². The van der Waals surface area contributed by atoms with Crippen molar-refractivity contribution in [2.24, 2.45) is 35.5 Å². The number of allylic oxidation sites excluding steroid dienone is 1. The minimum Gasteiger partial charge on any atom is -0.445 e. The van der Waals surface area contributed by atoms with Gasteiger partial charge in [-0.1, -0.05) is 95.3 Å². The summed E-state index contributed by atoms with van der Waals surface area (Å²) in [6, 6.07) is 17.3. The molecule has 0 spiro atoms. The molecule has 0 unspecified atom stereocenters. The van der Waals surface area contributed by atoms with Gasteiger partial charge in [-0.05, 0) is 114 Å². The van der Waals surface area contributed by atoms with Gasteiger partial charge >= 0.3 is 6.09 Å².